The molecule has 0 spiro atoms. The van der Waals surface area contributed by atoms with Crippen molar-refractivity contribution in [2.24, 2.45) is 5.73 Å². The summed E-state index contributed by atoms with van der Waals surface area (Å²) in [5.74, 6) is 0. The van der Waals surface area contributed by atoms with Crippen molar-refractivity contribution in [1.82, 2.24) is 4.98 Å². The van der Waals surface area contributed by atoms with Gasteiger partial charge in [-0.2, -0.15) is 0 Å². The molecular weight excluding hydrogens is 268 g/mol. The molecule has 6 heteroatoms. The third-order valence-electron chi connectivity index (χ3n) is 4.10. The number of nitro groups is 1. The minimum atomic E-state index is -0.393. The number of benzene rings is 1. The molecule has 0 bridgehead atoms. The monoisotopic (exact) mass is 286 g/mol. The highest BCUT2D eigenvalue weighted by atomic mass is 16.6. The number of nitrogens with one attached hydrogen (secondary N) is 1. The second-order valence-electron chi connectivity index (χ2n) is 5.49. The van der Waals surface area contributed by atoms with Gasteiger partial charge in [0.05, 0.1) is 10.4 Å². The van der Waals surface area contributed by atoms with Crippen LogP contribution >= 0.6 is 0 Å². The largest absolute Gasteiger partial charge is 0.375 e. The van der Waals surface area contributed by atoms with Gasteiger partial charge in [-0.3, -0.25) is 10.1 Å². The third-order valence-corrected chi connectivity index (χ3v) is 4.10. The first-order valence-corrected chi connectivity index (χ1v) is 7.21. The molecule has 1 aromatic heterocycles. The van der Waals surface area contributed by atoms with Gasteiger partial charge in [-0.15, -0.1) is 0 Å². The van der Waals surface area contributed by atoms with Crippen molar-refractivity contribution < 1.29 is 4.92 Å². The fourth-order valence-corrected chi connectivity index (χ4v) is 2.95. The first-order valence-electron chi connectivity index (χ1n) is 7.21. The van der Waals surface area contributed by atoms with Crippen LogP contribution in [0.15, 0.2) is 30.5 Å². The highest BCUT2D eigenvalue weighted by Gasteiger charge is 2.26. The van der Waals surface area contributed by atoms with Crippen LogP contribution in [0.3, 0.4) is 0 Å². The summed E-state index contributed by atoms with van der Waals surface area (Å²) < 4.78 is 0. The number of hydrogen-bond acceptors (Lipinski definition) is 5. The lowest BCUT2D eigenvalue weighted by atomic mass is 9.90. The highest BCUT2D eigenvalue weighted by molar-refractivity contribution is 5.95. The summed E-state index contributed by atoms with van der Waals surface area (Å²) in [6.45, 7) is 0. The zero-order valence-electron chi connectivity index (χ0n) is 11.7. The van der Waals surface area contributed by atoms with Gasteiger partial charge in [0, 0.05) is 17.5 Å². The van der Waals surface area contributed by atoms with Gasteiger partial charge < -0.3 is 11.1 Å². The van der Waals surface area contributed by atoms with Crippen LogP contribution in [0.2, 0.25) is 0 Å². The summed E-state index contributed by atoms with van der Waals surface area (Å²) in [5.41, 5.74) is 7.44. The summed E-state index contributed by atoms with van der Waals surface area (Å²) in [6.07, 6.45) is 5.43. The van der Waals surface area contributed by atoms with E-state index in [4.69, 9.17) is 5.73 Å². The van der Waals surface area contributed by atoms with Crippen LogP contribution in [-0.4, -0.2) is 22.0 Å². The molecule has 3 rings (SSSR count). The average molecular weight is 286 g/mol. The molecule has 0 amide bonds. The summed E-state index contributed by atoms with van der Waals surface area (Å²) in [4.78, 5) is 15.1. The molecular formula is C15H18N4O2. The molecule has 2 atom stereocenters. The summed E-state index contributed by atoms with van der Waals surface area (Å²) in [6, 6.07) is 7.54. The third kappa shape index (κ3) is 2.67. The van der Waals surface area contributed by atoms with Crippen LogP contribution in [-0.2, 0) is 0 Å². The molecule has 1 aliphatic carbocycles. The number of hydrogen-bond donors (Lipinski definition) is 2. The van der Waals surface area contributed by atoms with Crippen LogP contribution in [0.25, 0.3) is 10.9 Å². The number of pyridine rings is 1. The summed E-state index contributed by atoms with van der Waals surface area (Å²) >= 11 is 0. The first kappa shape index (κ1) is 13.8. The number of nitrogens with two attached hydrogens (primary N) is 1. The van der Waals surface area contributed by atoms with Gasteiger partial charge in [0.2, 0.25) is 0 Å². The molecule has 0 radical (unpaired) electrons. The van der Waals surface area contributed by atoms with Crippen LogP contribution in [0.4, 0.5) is 11.4 Å². The zero-order chi connectivity index (χ0) is 14.8. The van der Waals surface area contributed by atoms with E-state index in [2.05, 4.69) is 10.3 Å². The van der Waals surface area contributed by atoms with Gasteiger partial charge in [0.15, 0.2) is 0 Å². The standard InChI is InChI=1S/C15H18N4O2/c16-11-6-2-4-8-13(11)18-15-10-5-1-3-7-12(10)17-9-14(15)19(20)21/h1,3,5,7,9,11,13H,2,4,6,8,16H2,(H,17,18). The Morgan fingerprint density at radius 3 is 2.81 bits per heavy atom. The van der Waals surface area contributed by atoms with Crippen LogP contribution in [0.5, 0.6) is 0 Å². The van der Waals surface area contributed by atoms with E-state index in [-0.39, 0.29) is 17.8 Å². The minimum absolute atomic E-state index is 0.00599. The van der Waals surface area contributed by atoms with E-state index in [1.54, 1.807) is 0 Å². The van der Waals surface area contributed by atoms with Crippen molar-refractivity contribution in [1.29, 1.82) is 0 Å². The van der Waals surface area contributed by atoms with Crippen molar-refractivity contribution in [3.05, 3.63) is 40.6 Å². The molecule has 1 heterocycles. The molecule has 21 heavy (non-hydrogen) atoms. The van der Waals surface area contributed by atoms with Gasteiger partial charge >= 0.3 is 5.69 Å². The average Bonchev–Trinajstić information content (AvgIpc) is 2.49. The Morgan fingerprint density at radius 1 is 1.29 bits per heavy atom. The maximum atomic E-state index is 11.3. The molecule has 1 aliphatic rings. The fraction of sp³-hybridized carbons (Fsp3) is 0.400. The Balaban J connectivity index is 2.05. The Hall–Kier alpha value is -2.21. The van der Waals surface area contributed by atoms with E-state index in [0.717, 1.165) is 36.6 Å². The fourth-order valence-electron chi connectivity index (χ4n) is 2.95. The minimum Gasteiger partial charge on any atom is -0.375 e. The normalized spacial score (nSPS) is 22.1. The maximum absolute atomic E-state index is 11.3. The molecule has 0 aliphatic heterocycles. The van der Waals surface area contributed by atoms with Gasteiger partial charge in [-0.25, -0.2) is 4.98 Å². The Labute approximate surface area is 122 Å². The molecule has 1 saturated carbocycles. The lowest BCUT2D eigenvalue weighted by molar-refractivity contribution is -0.384. The smallest absolute Gasteiger partial charge is 0.311 e. The number of nitrogens with zero attached hydrogens (tertiary/aromatic N) is 2. The van der Waals surface area contributed by atoms with Gasteiger partial charge in [0.25, 0.3) is 0 Å². The molecule has 2 aromatic rings. The molecule has 0 saturated heterocycles. The van der Waals surface area contributed by atoms with Crippen LogP contribution in [0, 0.1) is 10.1 Å². The number of anilines is 1. The number of aromatic nitrogens is 1. The number of fused-ring (bicyclic) bond motifs is 1. The molecule has 3 N–H and O–H groups in total. The first-order chi connectivity index (χ1) is 10.2. The lowest BCUT2D eigenvalue weighted by Gasteiger charge is -2.30. The van der Waals surface area contributed by atoms with Gasteiger partial charge in [-0.1, -0.05) is 31.0 Å². The van der Waals surface area contributed by atoms with E-state index >= 15 is 0 Å². The molecule has 6 nitrogen and oxygen atoms in total. The SMILES string of the molecule is NC1CCCCC1Nc1c([N+](=O)[O-])cnc2ccccc12. The molecule has 2 unspecified atom stereocenters. The Morgan fingerprint density at radius 2 is 2.05 bits per heavy atom. The predicted molar refractivity (Wildman–Crippen MR) is 82.3 cm³/mol. The van der Waals surface area contributed by atoms with E-state index < -0.39 is 4.92 Å². The van der Waals surface area contributed by atoms with Gasteiger partial charge in [0.1, 0.15) is 11.9 Å². The molecule has 1 aromatic carbocycles. The Kier molecular flexibility index (Phi) is 3.70. The lowest BCUT2D eigenvalue weighted by Crippen LogP contribution is -2.42. The van der Waals surface area contributed by atoms with Crippen molar-refractivity contribution in [3.8, 4) is 0 Å². The number of rotatable bonds is 3. The van der Waals surface area contributed by atoms with Crippen LogP contribution in [0.1, 0.15) is 25.7 Å². The van der Waals surface area contributed by atoms with Crippen molar-refractivity contribution in [2.75, 3.05) is 5.32 Å². The second-order valence-corrected chi connectivity index (χ2v) is 5.49. The Bertz CT molecular complexity index is 674. The number of para-hydroxylation sites is 1. The highest BCUT2D eigenvalue weighted by Crippen LogP contribution is 2.33. The van der Waals surface area contributed by atoms with Crippen molar-refractivity contribution >= 4 is 22.3 Å². The van der Waals surface area contributed by atoms with E-state index in [1.165, 1.54) is 6.20 Å². The van der Waals surface area contributed by atoms with Crippen molar-refractivity contribution in [3.63, 3.8) is 0 Å². The second kappa shape index (κ2) is 5.65. The van der Waals surface area contributed by atoms with E-state index in [1.807, 2.05) is 24.3 Å². The quantitative estimate of drug-likeness (QED) is 0.668. The predicted octanol–water partition coefficient (Wildman–Crippen LogP) is 2.82. The topological polar surface area (TPSA) is 94.1 Å². The maximum Gasteiger partial charge on any atom is 0.311 e. The van der Waals surface area contributed by atoms with Gasteiger partial charge in [-0.05, 0) is 18.9 Å². The summed E-state index contributed by atoms with van der Waals surface area (Å²) in [7, 11) is 0. The van der Waals surface area contributed by atoms with E-state index in [0.29, 0.717) is 5.69 Å². The molecule has 110 valence electrons. The van der Waals surface area contributed by atoms with Crippen LogP contribution < -0.4 is 11.1 Å². The van der Waals surface area contributed by atoms with E-state index in [9.17, 15) is 10.1 Å². The van der Waals surface area contributed by atoms with Crippen molar-refractivity contribution in [2.45, 2.75) is 37.8 Å². The molecule has 1 fully saturated rings. The summed E-state index contributed by atoms with van der Waals surface area (Å²) in [5, 5.41) is 15.4. The zero-order valence-corrected chi connectivity index (χ0v) is 11.7.